The molecule has 0 aromatic heterocycles. The standard InChI is InChI=1S/C17H21NO3/c19-10-4-6-13-5-3-7-14(11-13)18-15(20)12-17(16(18)21)8-1-2-9-17/h3,5,7,11,19H,1-2,4,6,8-10,12H2. The van der Waals surface area contributed by atoms with Crippen LogP contribution in [0.25, 0.3) is 0 Å². The molecule has 112 valence electrons. The summed E-state index contributed by atoms with van der Waals surface area (Å²) in [4.78, 5) is 26.5. The van der Waals surface area contributed by atoms with Crippen LogP contribution in [0.2, 0.25) is 0 Å². The molecule has 2 aliphatic rings. The maximum atomic E-state index is 12.7. The van der Waals surface area contributed by atoms with Crippen LogP contribution in [0, 0.1) is 5.41 Å². The van der Waals surface area contributed by atoms with Gasteiger partial charge in [-0.15, -0.1) is 0 Å². The lowest BCUT2D eigenvalue weighted by molar-refractivity contribution is -0.125. The number of carbonyl (C=O) groups excluding carboxylic acids is 2. The molecule has 1 aliphatic heterocycles. The Morgan fingerprint density at radius 2 is 1.95 bits per heavy atom. The topological polar surface area (TPSA) is 57.6 Å². The maximum Gasteiger partial charge on any atom is 0.240 e. The Hall–Kier alpha value is -1.68. The average molecular weight is 287 g/mol. The first-order valence-corrected chi connectivity index (χ1v) is 7.73. The van der Waals surface area contributed by atoms with Gasteiger partial charge in [-0.2, -0.15) is 0 Å². The van der Waals surface area contributed by atoms with Crippen molar-refractivity contribution < 1.29 is 14.7 Å². The Kier molecular flexibility index (Phi) is 3.81. The number of rotatable bonds is 4. The van der Waals surface area contributed by atoms with Crippen molar-refractivity contribution in [3.63, 3.8) is 0 Å². The number of anilines is 1. The van der Waals surface area contributed by atoms with E-state index in [4.69, 9.17) is 5.11 Å². The van der Waals surface area contributed by atoms with E-state index in [0.717, 1.165) is 37.7 Å². The van der Waals surface area contributed by atoms with E-state index in [-0.39, 0.29) is 18.4 Å². The maximum absolute atomic E-state index is 12.7. The van der Waals surface area contributed by atoms with Gasteiger partial charge in [0.05, 0.1) is 11.1 Å². The van der Waals surface area contributed by atoms with Gasteiger partial charge in [0.1, 0.15) is 0 Å². The molecule has 2 amide bonds. The predicted molar refractivity (Wildman–Crippen MR) is 79.9 cm³/mol. The molecule has 4 heteroatoms. The normalized spacial score (nSPS) is 20.7. The molecule has 0 atom stereocenters. The molecular weight excluding hydrogens is 266 g/mol. The van der Waals surface area contributed by atoms with Gasteiger partial charge in [-0.25, -0.2) is 0 Å². The third-order valence-corrected chi connectivity index (χ3v) is 4.75. The molecular formula is C17H21NO3. The summed E-state index contributed by atoms with van der Waals surface area (Å²) in [5.41, 5.74) is 1.32. The van der Waals surface area contributed by atoms with E-state index in [1.54, 1.807) is 0 Å². The first-order valence-electron chi connectivity index (χ1n) is 7.73. The third kappa shape index (κ3) is 2.48. The van der Waals surface area contributed by atoms with E-state index in [2.05, 4.69) is 0 Å². The number of hydrogen-bond acceptors (Lipinski definition) is 3. The third-order valence-electron chi connectivity index (χ3n) is 4.75. The van der Waals surface area contributed by atoms with Gasteiger partial charge in [0.15, 0.2) is 0 Å². The van der Waals surface area contributed by atoms with E-state index in [1.807, 2.05) is 24.3 Å². The van der Waals surface area contributed by atoms with Crippen LogP contribution in [-0.2, 0) is 16.0 Å². The lowest BCUT2D eigenvalue weighted by Crippen LogP contribution is -2.34. The fraction of sp³-hybridized carbons (Fsp3) is 0.529. The molecule has 0 radical (unpaired) electrons. The number of hydrogen-bond donors (Lipinski definition) is 1. The molecule has 1 aromatic rings. The van der Waals surface area contributed by atoms with Crippen LogP contribution < -0.4 is 4.90 Å². The number of aryl methyl sites for hydroxylation is 1. The van der Waals surface area contributed by atoms with Crippen molar-refractivity contribution in [3.8, 4) is 0 Å². The van der Waals surface area contributed by atoms with Gasteiger partial charge in [0, 0.05) is 13.0 Å². The van der Waals surface area contributed by atoms with Crippen LogP contribution in [0.15, 0.2) is 24.3 Å². The summed E-state index contributed by atoms with van der Waals surface area (Å²) in [5.74, 6) is -0.0782. The van der Waals surface area contributed by atoms with E-state index in [9.17, 15) is 9.59 Å². The van der Waals surface area contributed by atoms with Crippen LogP contribution in [0.1, 0.15) is 44.1 Å². The molecule has 1 aromatic carbocycles. The second-order valence-electron chi connectivity index (χ2n) is 6.20. The van der Waals surface area contributed by atoms with Gasteiger partial charge in [0.2, 0.25) is 11.8 Å². The van der Waals surface area contributed by atoms with Crippen molar-refractivity contribution in [2.45, 2.75) is 44.9 Å². The molecule has 1 N–H and O–H groups in total. The van der Waals surface area contributed by atoms with Crippen molar-refractivity contribution in [3.05, 3.63) is 29.8 Å². The fourth-order valence-corrected chi connectivity index (χ4v) is 3.63. The summed E-state index contributed by atoms with van der Waals surface area (Å²) in [7, 11) is 0. The molecule has 0 unspecified atom stereocenters. The second kappa shape index (κ2) is 5.60. The summed E-state index contributed by atoms with van der Waals surface area (Å²) >= 11 is 0. The molecule has 0 bridgehead atoms. The summed E-state index contributed by atoms with van der Waals surface area (Å²) in [6.45, 7) is 0.148. The van der Waals surface area contributed by atoms with Crippen LogP contribution >= 0.6 is 0 Å². The zero-order chi connectivity index (χ0) is 14.9. The predicted octanol–water partition coefficient (Wildman–Crippen LogP) is 2.44. The smallest absolute Gasteiger partial charge is 0.240 e. The Morgan fingerprint density at radius 3 is 2.67 bits per heavy atom. The lowest BCUT2D eigenvalue weighted by atomic mass is 9.84. The van der Waals surface area contributed by atoms with E-state index < -0.39 is 5.41 Å². The van der Waals surface area contributed by atoms with Gasteiger partial charge in [-0.3, -0.25) is 14.5 Å². The van der Waals surface area contributed by atoms with Gasteiger partial charge < -0.3 is 5.11 Å². The summed E-state index contributed by atoms with van der Waals surface area (Å²) < 4.78 is 0. The number of imide groups is 1. The van der Waals surface area contributed by atoms with Crippen LogP contribution in [0.4, 0.5) is 5.69 Å². The van der Waals surface area contributed by atoms with E-state index in [1.165, 1.54) is 4.90 Å². The first-order chi connectivity index (χ1) is 10.2. The SMILES string of the molecule is O=C1CC2(CCCC2)C(=O)N1c1cccc(CCCO)c1. The number of aliphatic hydroxyl groups is 1. The molecule has 21 heavy (non-hydrogen) atoms. The van der Waals surface area contributed by atoms with Gasteiger partial charge in [-0.1, -0.05) is 25.0 Å². The Balaban J connectivity index is 1.86. The molecule has 1 spiro atoms. The number of nitrogens with zero attached hydrogens (tertiary/aromatic N) is 1. The molecule has 1 saturated heterocycles. The number of benzene rings is 1. The largest absolute Gasteiger partial charge is 0.396 e. The van der Waals surface area contributed by atoms with Gasteiger partial charge in [0.25, 0.3) is 0 Å². The quantitative estimate of drug-likeness (QED) is 0.865. The van der Waals surface area contributed by atoms with Crippen molar-refractivity contribution in [1.82, 2.24) is 0 Å². The molecule has 3 rings (SSSR count). The van der Waals surface area contributed by atoms with Crippen molar-refractivity contribution in [2.24, 2.45) is 5.41 Å². The fourth-order valence-electron chi connectivity index (χ4n) is 3.63. The number of carbonyl (C=O) groups is 2. The molecule has 1 heterocycles. The highest BCUT2D eigenvalue weighted by Crippen LogP contribution is 2.47. The van der Waals surface area contributed by atoms with Crippen molar-refractivity contribution in [2.75, 3.05) is 11.5 Å². The molecule has 1 aliphatic carbocycles. The van der Waals surface area contributed by atoms with Crippen LogP contribution in [0.3, 0.4) is 0 Å². The minimum atomic E-state index is -0.418. The zero-order valence-corrected chi connectivity index (χ0v) is 12.2. The highest BCUT2D eigenvalue weighted by molar-refractivity contribution is 6.22. The highest BCUT2D eigenvalue weighted by atomic mass is 16.3. The van der Waals surface area contributed by atoms with Crippen LogP contribution in [-0.4, -0.2) is 23.5 Å². The van der Waals surface area contributed by atoms with E-state index in [0.29, 0.717) is 18.5 Å². The Labute approximate surface area is 124 Å². The second-order valence-corrected chi connectivity index (χ2v) is 6.20. The average Bonchev–Trinajstić information content (AvgIpc) is 3.04. The van der Waals surface area contributed by atoms with Gasteiger partial charge >= 0.3 is 0 Å². The summed E-state index contributed by atoms with van der Waals surface area (Å²) in [6.07, 6.45) is 5.59. The Morgan fingerprint density at radius 1 is 1.19 bits per heavy atom. The minimum absolute atomic E-state index is 0.00990. The number of amides is 2. The molecule has 4 nitrogen and oxygen atoms in total. The van der Waals surface area contributed by atoms with Gasteiger partial charge in [-0.05, 0) is 43.4 Å². The van der Waals surface area contributed by atoms with E-state index >= 15 is 0 Å². The molecule has 2 fully saturated rings. The lowest BCUT2D eigenvalue weighted by Gasteiger charge is -2.21. The molecule has 1 saturated carbocycles. The minimum Gasteiger partial charge on any atom is -0.396 e. The Bertz CT molecular complexity index is 561. The van der Waals surface area contributed by atoms with Crippen molar-refractivity contribution in [1.29, 1.82) is 0 Å². The van der Waals surface area contributed by atoms with Crippen LogP contribution in [0.5, 0.6) is 0 Å². The highest BCUT2D eigenvalue weighted by Gasteiger charge is 2.53. The number of aliphatic hydroxyl groups excluding tert-OH is 1. The summed E-state index contributed by atoms with van der Waals surface area (Å²) in [5, 5.41) is 8.91. The van der Waals surface area contributed by atoms with Crippen molar-refractivity contribution >= 4 is 17.5 Å². The monoisotopic (exact) mass is 287 g/mol. The summed E-state index contributed by atoms with van der Waals surface area (Å²) in [6, 6.07) is 7.57. The first kappa shape index (κ1) is 14.3. The zero-order valence-electron chi connectivity index (χ0n) is 12.2.